The van der Waals surface area contributed by atoms with Gasteiger partial charge in [-0.3, -0.25) is 9.69 Å². The van der Waals surface area contributed by atoms with Gasteiger partial charge in [0.05, 0.1) is 12.1 Å². The van der Waals surface area contributed by atoms with E-state index >= 15 is 0 Å². The number of hydrogen-bond donors (Lipinski definition) is 0. The van der Waals surface area contributed by atoms with E-state index < -0.39 is 5.60 Å². The summed E-state index contributed by atoms with van der Waals surface area (Å²) in [6, 6.07) is 2.31. The Kier molecular flexibility index (Phi) is 4.43. The van der Waals surface area contributed by atoms with Gasteiger partial charge in [-0.2, -0.15) is 5.26 Å². The molecule has 0 aromatic rings. The van der Waals surface area contributed by atoms with Crippen LogP contribution in [0.3, 0.4) is 0 Å². The molecule has 1 amide bonds. The van der Waals surface area contributed by atoms with Gasteiger partial charge in [0.15, 0.2) is 0 Å². The normalized spacial score (nSPS) is 30.1. The SMILES string of the molecule is CCC(C#N)N1CCN(C(=O)C2(C)CCCO2)CC1. The maximum atomic E-state index is 12.5. The van der Waals surface area contributed by atoms with Crippen molar-refractivity contribution in [1.29, 1.82) is 5.26 Å². The minimum Gasteiger partial charge on any atom is -0.365 e. The second-order valence-corrected chi connectivity index (χ2v) is 5.56. The predicted molar refractivity (Wildman–Crippen MR) is 71.4 cm³/mol. The average molecular weight is 265 g/mol. The highest BCUT2D eigenvalue weighted by Gasteiger charge is 2.41. The molecular weight excluding hydrogens is 242 g/mol. The fourth-order valence-corrected chi connectivity index (χ4v) is 2.95. The van der Waals surface area contributed by atoms with Crippen molar-refractivity contribution in [2.45, 2.75) is 44.8 Å². The zero-order chi connectivity index (χ0) is 13.9. The second-order valence-electron chi connectivity index (χ2n) is 5.56. The highest BCUT2D eigenvalue weighted by atomic mass is 16.5. The summed E-state index contributed by atoms with van der Waals surface area (Å²) in [5.74, 6) is 0.120. The van der Waals surface area contributed by atoms with Crippen LogP contribution in [0.5, 0.6) is 0 Å². The maximum absolute atomic E-state index is 12.5. The van der Waals surface area contributed by atoms with Crippen molar-refractivity contribution in [1.82, 2.24) is 9.80 Å². The van der Waals surface area contributed by atoms with Crippen molar-refractivity contribution in [3.8, 4) is 6.07 Å². The van der Waals surface area contributed by atoms with E-state index in [2.05, 4.69) is 11.0 Å². The van der Waals surface area contributed by atoms with Gasteiger partial charge in [0, 0.05) is 32.8 Å². The van der Waals surface area contributed by atoms with E-state index in [1.165, 1.54) is 0 Å². The lowest BCUT2D eigenvalue weighted by atomic mass is 10.0. The molecule has 2 unspecified atom stereocenters. The lowest BCUT2D eigenvalue weighted by molar-refractivity contribution is -0.152. The van der Waals surface area contributed by atoms with Crippen LogP contribution < -0.4 is 0 Å². The largest absolute Gasteiger partial charge is 0.365 e. The van der Waals surface area contributed by atoms with Gasteiger partial charge in [0.25, 0.3) is 5.91 Å². The van der Waals surface area contributed by atoms with Crippen molar-refractivity contribution in [3.05, 3.63) is 0 Å². The van der Waals surface area contributed by atoms with Crippen molar-refractivity contribution < 1.29 is 9.53 Å². The number of piperazine rings is 1. The highest BCUT2D eigenvalue weighted by Crippen LogP contribution is 2.27. The van der Waals surface area contributed by atoms with Crippen LogP contribution in [0.25, 0.3) is 0 Å². The van der Waals surface area contributed by atoms with Crippen molar-refractivity contribution >= 4 is 5.91 Å². The summed E-state index contributed by atoms with van der Waals surface area (Å²) in [5, 5.41) is 9.07. The van der Waals surface area contributed by atoms with Gasteiger partial charge in [-0.15, -0.1) is 0 Å². The number of hydrogen-bond acceptors (Lipinski definition) is 4. The molecule has 19 heavy (non-hydrogen) atoms. The fraction of sp³-hybridized carbons (Fsp3) is 0.857. The van der Waals surface area contributed by atoms with Gasteiger partial charge < -0.3 is 9.64 Å². The fourth-order valence-electron chi connectivity index (χ4n) is 2.95. The predicted octanol–water partition coefficient (Wildman–Crippen LogP) is 1.00. The van der Waals surface area contributed by atoms with Gasteiger partial charge in [0.2, 0.25) is 0 Å². The van der Waals surface area contributed by atoms with Gasteiger partial charge in [-0.25, -0.2) is 0 Å². The second kappa shape index (κ2) is 5.89. The monoisotopic (exact) mass is 265 g/mol. The third-order valence-corrected chi connectivity index (χ3v) is 4.25. The molecule has 0 N–H and O–H groups in total. The van der Waals surface area contributed by atoms with E-state index in [1.54, 1.807) is 0 Å². The third-order valence-electron chi connectivity index (χ3n) is 4.25. The maximum Gasteiger partial charge on any atom is 0.254 e. The molecule has 2 saturated heterocycles. The summed E-state index contributed by atoms with van der Waals surface area (Å²) in [5.41, 5.74) is -0.610. The first kappa shape index (κ1) is 14.3. The number of ether oxygens (including phenoxy) is 1. The quantitative estimate of drug-likeness (QED) is 0.764. The molecule has 0 saturated carbocycles. The standard InChI is InChI=1S/C14H23N3O2/c1-3-12(11-15)16-6-8-17(9-7-16)13(18)14(2)5-4-10-19-14/h12H,3-10H2,1-2H3. The summed E-state index contributed by atoms with van der Waals surface area (Å²) in [6.45, 7) is 7.60. The molecule has 2 fully saturated rings. The number of amides is 1. The van der Waals surface area contributed by atoms with Crippen LogP contribution in [0.1, 0.15) is 33.1 Å². The number of rotatable bonds is 3. The molecule has 2 rings (SSSR count). The smallest absolute Gasteiger partial charge is 0.254 e. The molecule has 2 atom stereocenters. The Morgan fingerprint density at radius 2 is 2.11 bits per heavy atom. The Bertz CT molecular complexity index is 363. The van der Waals surface area contributed by atoms with Crippen molar-refractivity contribution in [2.75, 3.05) is 32.8 Å². The minimum atomic E-state index is -0.610. The molecule has 0 aromatic carbocycles. The highest BCUT2D eigenvalue weighted by molar-refractivity contribution is 5.85. The van der Waals surface area contributed by atoms with Crippen molar-refractivity contribution in [3.63, 3.8) is 0 Å². The van der Waals surface area contributed by atoms with Gasteiger partial charge in [0.1, 0.15) is 5.60 Å². The van der Waals surface area contributed by atoms with E-state index in [4.69, 9.17) is 10.00 Å². The Morgan fingerprint density at radius 1 is 1.42 bits per heavy atom. The van der Waals surface area contributed by atoms with E-state index in [-0.39, 0.29) is 11.9 Å². The van der Waals surface area contributed by atoms with Crippen molar-refractivity contribution in [2.24, 2.45) is 0 Å². The summed E-state index contributed by atoms with van der Waals surface area (Å²) >= 11 is 0. The molecule has 5 heteroatoms. The average Bonchev–Trinajstić information content (AvgIpc) is 2.88. The topological polar surface area (TPSA) is 56.6 Å². The number of nitriles is 1. The van der Waals surface area contributed by atoms with Gasteiger partial charge in [-0.1, -0.05) is 6.92 Å². The molecule has 0 radical (unpaired) electrons. The van der Waals surface area contributed by atoms with Gasteiger partial charge >= 0.3 is 0 Å². The molecule has 0 spiro atoms. The van der Waals surface area contributed by atoms with Gasteiger partial charge in [-0.05, 0) is 26.2 Å². The van der Waals surface area contributed by atoms with E-state index in [1.807, 2.05) is 18.7 Å². The van der Waals surface area contributed by atoms with E-state index in [9.17, 15) is 4.79 Å². The molecule has 0 aromatic heterocycles. The molecule has 2 heterocycles. The van der Waals surface area contributed by atoms with Crippen LogP contribution in [0, 0.1) is 11.3 Å². The molecule has 2 aliphatic heterocycles. The van der Waals surface area contributed by atoms with E-state index in [0.29, 0.717) is 19.7 Å². The molecule has 0 bridgehead atoms. The molecular formula is C14H23N3O2. The summed E-state index contributed by atoms with van der Waals surface area (Å²) in [6.07, 6.45) is 2.63. The summed E-state index contributed by atoms with van der Waals surface area (Å²) < 4.78 is 5.61. The lowest BCUT2D eigenvalue weighted by Crippen LogP contribution is -2.56. The first-order valence-electron chi connectivity index (χ1n) is 7.17. The lowest BCUT2D eigenvalue weighted by Gasteiger charge is -2.39. The van der Waals surface area contributed by atoms with Crippen LogP contribution in [0.2, 0.25) is 0 Å². The number of carbonyl (C=O) groups excluding carboxylic acids is 1. The Balaban J connectivity index is 1.90. The van der Waals surface area contributed by atoms with Crippen LogP contribution in [-0.2, 0) is 9.53 Å². The zero-order valence-electron chi connectivity index (χ0n) is 11.9. The zero-order valence-corrected chi connectivity index (χ0v) is 11.9. The van der Waals surface area contributed by atoms with Crippen LogP contribution in [0.4, 0.5) is 0 Å². The molecule has 0 aliphatic carbocycles. The molecule has 2 aliphatic rings. The van der Waals surface area contributed by atoms with E-state index in [0.717, 1.165) is 32.4 Å². The Hall–Kier alpha value is -1.12. The van der Waals surface area contributed by atoms with Crippen LogP contribution >= 0.6 is 0 Å². The number of nitrogens with zero attached hydrogens (tertiary/aromatic N) is 3. The Morgan fingerprint density at radius 3 is 2.58 bits per heavy atom. The molecule has 5 nitrogen and oxygen atoms in total. The first-order chi connectivity index (χ1) is 9.10. The first-order valence-corrected chi connectivity index (χ1v) is 7.17. The van der Waals surface area contributed by atoms with Crippen LogP contribution in [-0.4, -0.2) is 60.1 Å². The molecule has 106 valence electrons. The Labute approximate surface area is 115 Å². The minimum absolute atomic E-state index is 0.0180. The summed E-state index contributed by atoms with van der Waals surface area (Å²) in [4.78, 5) is 16.5. The number of carbonyl (C=O) groups is 1. The van der Waals surface area contributed by atoms with Crippen LogP contribution in [0.15, 0.2) is 0 Å². The summed E-state index contributed by atoms with van der Waals surface area (Å²) in [7, 11) is 0. The third kappa shape index (κ3) is 2.90.